The Balaban J connectivity index is 1.06. The van der Waals surface area contributed by atoms with E-state index >= 15 is 0 Å². The first-order chi connectivity index (χ1) is 25.9. The lowest BCUT2D eigenvalue weighted by Crippen LogP contribution is -2.54. The zero-order valence-corrected chi connectivity index (χ0v) is 31.0. The molecule has 1 aromatic carbocycles. The topological polar surface area (TPSA) is 186 Å². The molecule has 0 aromatic heterocycles. The van der Waals surface area contributed by atoms with Crippen molar-refractivity contribution in [2.45, 2.75) is 64.3 Å². The van der Waals surface area contributed by atoms with E-state index in [2.05, 4.69) is 17.6 Å². The third-order valence-corrected chi connectivity index (χ3v) is 8.18. The molecular weight excluding hydrogens is 694 g/mol. The molecule has 0 saturated carbocycles. The Labute approximate surface area is 311 Å². The molecule has 2 aliphatic heterocycles. The second kappa shape index (κ2) is 27.3. The summed E-state index contributed by atoms with van der Waals surface area (Å²) in [4.78, 5) is 63.5. The van der Waals surface area contributed by atoms with Gasteiger partial charge < -0.3 is 43.2 Å². The second-order valence-electron chi connectivity index (χ2n) is 12.3. The van der Waals surface area contributed by atoms with Gasteiger partial charge in [-0.05, 0) is 37.8 Å². The van der Waals surface area contributed by atoms with Gasteiger partial charge >= 0.3 is 0 Å². The van der Waals surface area contributed by atoms with Crippen LogP contribution in [0.25, 0.3) is 0 Å². The Bertz CT molecular complexity index is 1260. The van der Waals surface area contributed by atoms with E-state index in [0.717, 1.165) is 37.2 Å². The smallest absolute Gasteiger partial charge is 0.264 e. The number of hydrogen-bond donors (Lipinski definition) is 2. The minimum atomic E-state index is -1.07. The fourth-order valence-electron chi connectivity index (χ4n) is 5.39. The van der Waals surface area contributed by atoms with E-state index in [0.29, 0.717) is 106 Å². The number of fused-ring (bicyclic) bond motifs is 1. The number of piperidine rings is 1. The summed E-state index contributed by atoms with van der Waals surface area (Å²) in [6.07, 6.45) is 4.69. The highest BCUT2D eigenvalue weighted by molar-refractivity contribution is 6.26. The molecule has 1 atom stereocenters. The van der Waals surface area contributed by atoms with Gasteiger partial charge in [0.05, 0.1) is 109 Å². The molecule has 16 nitrogen and oxygen atoms in total. The fraction of sp³-hybridized carbons (Fsp3) is 0.703. The van der Waals surface area contributed by atoms with Crippen LogP contribution in [-0.4, -0.2) is 146 Å². The number of hydrogen-bond acceptors (Lipinski definition) is 13. The lowest BCUT2D eigenvalue weighted by molar-refractivity contribution is -0.136. The molecule has 1 fully saturated rings. The van der Waals surface area contributed by atoms with Crippen molar-refractivity contribution in [3.63, 3.8) is 0 Å². The summed E-state index contributed by atoms with van der Waals surface area (Å²) in [5.74, 6) is -2.70. The Morgan fingerprint density at radius 1 is 0.660 bits per heavy atom. The van der Waals surface area contributed by atoms with Crippen molar-refractivity contribution >= 4 is 35.2 Å². The zero-order chi connectivity index (χ0) is 37.9. The first kappa shape index (κ1) is 44.0. The van der Waals surface area contributed by atoms with Crippen molar-refractivity contribution in [2.75, 3.05) is 111 Å². The molecule has 2 aliphatic rings. The maximum atomic E-state index is 13.2. The average Bonchev–Trinajstić information content (AvgIpc) is 3.40. The summed E-state index contributed by atoms with van der Waals surface area (Å²) in [6, 6.07) is 3.54. The van der Waals surface area contributed by atoms with E-state index < -0.39 is 29.7 Å². The minimum Gasteiger partial charge on any atom is -0.379 e. The summed E-state index contributed by atoms with van der Waals surface area (Å²) < 4.78 is 43.9. The SMILES string of the molecule is CCCCOCCOCCOCCOCCOCCOCCOCCOCCCCCC(=O)Nc1cccc2c1C(=O)N(C1CCC(=O)NC1=O)C2=O. The quantitative estimate of drug-likeness (QED) is 0.0809. The standard InChI is InChI=1S/C37H57N3O13/c1-2-3-13-46-15-17-48-19-21-50-23-25-52-27-28-53-26-24-51-22-20-49-18-16-47-14-6-4-5-10-32(41)38-30-9-7-8-29-34(30)37(45)40(36(29)44)31-11-12-33(42)39-35(31)43/h7-9,31H,2-6,10-28H2,1H3,(H,38,41)(H,39,42,43). The normalized spacial score (nSPS) is 15.6. The van der Waals surface area contributed by atoms with Crippen LogP contribution >= 0.6 is 0 Å². The molecule has 5 amide bonds. The summed E-state index contributed by atoms with van der Waals surface area (Å²) in [6.45, 7) is 10.5. The van der Waals surface area contributed by atoms with Crippen molar-refractivity contribution in [1.29, 1.82) is 0 Å². The van der Waals surface area contributed by atoms with Gasteiger partial charge in [0, 0.05) is 26.1 Å². The van der Waals surface area contributed by atoms with Gasteiger partial charge in [0.1, 0.15) is 6.04 Å². The molecule has 0 aliphatic carbocycles. The molecule has 0 radical (unpaired) electrons. The molecule has 3 rings (SSSR count). The molecule has 16 heteroatoms. The monoisotopic (exact) mass is 751 g/mol. The number of unbranched alkanes of at least 4 members (excludes halogenated alkanes) is 3. The largest absolute Gasteiger partial charge is 0.379 e. The maximum absolute atomic E-state index is 13.2. The van der Waals surface area contributed by atoms with Crippen LogP contribution in [-0.2, 0) is 52.3 Å². The van der Waals surface area contributed by atoms with E-state index in [-0.39, 0.29) is 42.0 Å². The van der Waals surface area contributed by atoms with Crippen LogP contribution in [0.15, 0.2) is 18.2 Å². The van der Waals surface area contributed by atoms with Gasteiger partial charge in [0.15, 0.2) is 0 Å². The van der Waals surface area contributed by atoms with E-state index in [1.165, 1.54) is 6.07 Å². The van der Waals surface area contributed by atoms with Crippen LogP contribution in [0.5, 0.6) is 0 Å². The van der Waals surface area contributed by atoms with Crippen molar-refractivity contribution < 1.29 is 61.9 Å². The molecule has 0 spiro atoms. The highest BCUT2D eigenvalue weighted by atomic mass is 16.6. The van der Waals surface area contributed by atoms with Crippen molar-refractivity contribution in [3.8, 4) is 0 Å². The number of ether oxygens (including phenoxy) is 8. The van der Waals surface area contributed by atoms with Crippen LogP contribution < -0.4 is 10.6 Å². The van der Waals surface area contributed by atoms with Crippen LogP contribution in [0.2, 0.25) is 0 Å². The molecule has 298 valence electrons. The molecule has 53 heavy (non-hydrogen) atoms. The number of carbonyl (C=O) groups is 5. The van der Waals surface area contributed by atoms with E-state index in [1.54, 1.807) is 12.1 Å². The number of nitrogens with one attached hydrogen (secondary N) is 2. The Hall–Kier alpha value is -3.35. The van der Waals surface area contributed by atoms with Crippen molar-refractivity contribution in [1.82, 2.24) is 10.2 Å². The van der Waals surface area contributed by atoms with Gasteiger partial charge in [0.25, 0.3) is 11.8 Å². The maximum Gasteiger partial charge on any atom is 0.264 e. The highest BCUT2D eigenvalue weighted by Gasteiger charge is 2.45. The number of benzene rings is 1. The van der Waals surface area contributed by atoms with E-state index in [1.807, 2.05) is 0 Å². The van der Waals surface area contributed by atoms with Gasteiger partial charge in [0.2, 0.25) is 17.7 Å². The van der Waals surface area contributed by atoms with E-state index in [4.69, 9.17) is 37.9 Å². The molecule has 0 bridgehead atoms. The molecule has 1 unspecified atom stereocenters. The molecule has 1 saturated heterocycles. The lowest BCUT2D eigenvalue weighted by Gasteiger charge is -2.27. The Kier molecular flexibility index (Phi) is 22.7. The first-order valence-corrected chi connectivity index (χ1v) is 18.7. The number of rotatable bonds is 32. The number of carbonyl (C=O) groups excluding carboxylic acids is 5. The molecule has 1 aromatic rings. The number of imide groups is 2. The number of anilines is 1. The number of amides is 5. The van der Waals surface area contributed by atoms with Gasteiger partial charge in [-0.1, -0.05) is 25.8 Å². The van der Waals surface area contributed by atoms with Gasteiger partial charge in [-0.2, -0.15) is 0 Å². The summed E-state index contributed by atoms with van der Waals surface area (Å²) in [7, 11) is 0. The Morgan fingerprint density at radius 3 is 1.64 bits per heavy atom. The van der Waals surface area contributed by atoms with Gasteiger partial charge in [-0.25, -0.2) is 0 Å². The van der Waals surface area contributed by atoms with Gasteiger partial charge in [-0.3, -0.25) is 34.2 Å². The van der Waals surface area contributed by atoms with Crippen LogP contribution in [0.3, 0.4) is 0 Å². The lowest BCUT2D eigenvalue weighted by atomic mass is 10.0. The molecule has 2 heterocycles. The van der Waals surface area contributed by atoms with Crippen molar-refractivity contribution in [3.05, 3.63) is 29.3 Å². The predicted molar refractivity (Wildman–Crippen MR) is 192 cm³/mol. The molecular formula is C37H57N3O13. The summed E-state index contributed by atoms with van der Waals surface area (Å²) in [5.41, 5.74) is 0.392. The Morgan fingerprint density at radius 2 is 1.15 bits per heavy atom. The first-order valence-electron chi connectivity index (χ1n) is 18.7. The van der Waals surface area contributed by atoms with Gasteiger partial charge in [-0.15, -0.1) is 0 Å². The predicted octanol–water partition coefficient (Wildman–Crippen LogP) is 2.52. The third kappa shape index (κ3) is 17.1. The van der Waals surface area contributed by atoms with Crippen molar-refractivity contribution in [2.24, 2.45) is 0 Å². The van der Waals surface area contributed by atoms with Crippen LogP contribution in [0, 0.1) is 0 Å². The van der Waals surface area contributed by atoms with Crippen LogP contribution in [0.4, 0.5) is 5.69 Å². The minimum absolute atomic E-state index is 0.0312. The second-order valence-corrected chi connectivity index (χ2v) is 12.3. The number of nitrogens with zero attached hydrogens (tertiary/aromatic N) is 1. The average molecular weight is 752 g/mol. The van der Waals surface area contributed by atoms with Crippen LogP contribution in [0.1, 0.15) is 79.0 Å². The zero-order valence-electron chi connectivity index (χ0n) is 31.0. The third-order valence-electron chi connectivity index (χ3n) is 8.18. The summed E-state index contributed by atoms with van der Waals surface area (Å²) >= 11 is 0. The fourth-order valence-corrected chi connectivity index (χ4v) is 5.39. The summed E-state index contributed by atoms with van der Waals surface area (Å²) in [5, 5.41) is 4.91. The van der Waals surface area contributed by atoms with E-state index in [9.17, 15) is 24.0 Å². The highest BCUT2D eigenvalue weighted by Crippen LogP contribution is 2.32. The molecule has 2 N–H and O–H groups in total.